The van der Waals surface area contributed by atoms with Crippen LogP contribution in [0, 0.1) is 0 Å². The molecular formula is C23H20ClF3N2O2. The highest BCUT2D eigenvalue weighted by molar-refractivity contribution is 6.31. The second-order valence-corrected chi connectivity index (χ2v) is 8.06. The zero-order valence-electron chi connectivity index (χ0n) is 16.4. The largest absolute Gasteiger partial charge is 0.480 e. The van der Waals surface area contributed by atoms with Crippen LogP contribution in [0.25, 0.3) is 10.9 Å². The van der Waals surface area contributed by atoms with Gasteiger partial charge in [-0.05, 0) is 55.3 Å². The number of hydrogen-bond donors (Lipinski definition) is 1. The number of pyridine rings is 1. The van der Waals surface area contributed by atoms with E-state index in [1.54, 1.807) is 11.0 Å². The lowest BCUT2D eigenvalue weighted by Gasteiger charge is -2.39. The van der Waals surface area contributed by atoms with Crippen molar-refractivity contribution >= 4 is 28.5 Å². The number of aromatic nitrogens is 1. The Morgan fingerprint density at radius 2 is 1.90 bits per heavy atom. The van der Waals surface area contributed by atoms with E-state index in [0.717, 1.165) is 30.4 Å². The predicted molar refractivity (Wildman–Crippen MR) is 112 cm³/mol. The summed E-state index contributed by atoms with van der Waals surface area (Å²) in [6.07, 6.45) is -2.66. The lowest BCUT2D eigenvalue weighted by Crippen LogP contribution is -2.47. The first-order valence-corrected chi connectivity index (χ1v) is 10.3. The number of aliphatic carboxylic acids is 1. The Kier molecular flexibility index (Phi) is 5.90. The minimum atomic E-state index is -4.55. The summed E-state index contributed by atoms with van der Waals surface area (Å²) in [5.41, 5.74) is 0.513. The number of carboxylic acids is 1. The van der Waals surface area contributed by atoms with Gasteiger partial charge in [-0.3, -0.25) is 14.7 Å². The molecule has 0 aliphatic carbocycles. The zero-order valence-corrected chi connectivity index (χ0v) is 17.2. The smallest absolute Gasteiger partial charge is 0.416 e. The maximum atomic E-state index is 13.5. The van der Waals surface area contributed by atoms with E-state index >= 15 is 0 Å². The highest BCUT2D eigenvalue weighted by atomic mass is 35.5. The van der Waals surface area contributed by atoms with E-state index in [9.17, 15) is 23.1 Å². The van der Waals surface area contributed by atoms with Crippen molar-refractivity contribution in [2.24, 2.45) is 0 Å². The molecule has 2 unspecified atom stereocenters. The van der Waals surface area contributed by atoms with Crippen molar-refractivity contribution in [3.8, 4) is 0 Å². The van der Waals surface area contributed by atoms with Gasteiger partial charge in [0.2, 0.25) is 0 Å². The maximum absolute atomic E-state index is 13.5. The van der Waals surface area contributed by atoms with E-state index in [1.807, 2.05) is 30.3 Å². The van der Waals surface area contributed by atoms with Gasteiger partial charge in [0, 0.05) is 10.4 Å². The van der Waals surface area contributed by atoms with Crippen molar-refractivity contribution in [3.63, 3.8) is 0 Å². The first-order chi connectivity index (χ1) is 14.8. The molecule has 162 valence electrons. The topological polar surface area (TPSA) is 53.4 Å². The third kappa shape index (κ3) is 4.38. The fraction of sp³-hybridized carbons (Fsp3) is 0.304. The summed E-state index contributed by atoms with van der Waals surface area (Å²) in [7, 11) is 0. The Labute approximate surface area is 182 Å². The molecule has 31 heavy (non-hydrogen) atoms. The molecule has 1 aliphatic heterocycles. The number of benzene rings is 2. The number of hydrogen-bond acceptors (Lipinski definition) is 3. The molecule has 1 saturated heterocycles. The zero-order chi connectivity index (χ0) is 22.2. The van der Waals surface area contributed by atoms with Crippen LogP contribution in [0.2, 0.25) is 5.02 Å². The lowest BCUT2D eigenvalue weighted by atomic mass is 9.92. The molecule has 1 aromatic heterocycles. The molecule has 1 N–H and O–H groups in total. The number of alkyl halides is 3. The maximum Gasteiger partial charge on any atom is 0.416 e. The monoisotopic (exact) mass is 448 g/mol. The molecule has 4 rings (SSSR count). The van der Waals surface area contributed by atoms with Gasteiger partial charge in [-0.2, -0.15) is 13.2 Å². The summed E-state index contributed by atoms with van der Waals surface area (Å²) < 4.78 is 40.4. The van der Waals surface area contributed by atoms with Crippen LogP contribution < -0.4 is 0 Å². The quantitative estimate of drug-likeness (QED) is 0.537. The average Bonchev–Trinajstić information content (AvgIpc) is 2.74. The molecule has 0 saturated carbocycles. The third-order valence-corrected chi connectivity index (χ3v) is 6.02. The molecule has 8 heteroatoms. The van der Waals surface area contributed by atoms with Crippen molar-refractivity contribution in [1.29, 1.82) is 0 Å². The molecule has 0 spiro atoms. The third-order valence-electron chi connectivity index (χ3n) is 5.68. The number of carbonyl (C=O) groups is 1. The van der Waals surface area contributed by atoms with Gasteiger partial charge in [0.05, 0.1) is 22.8 Å². The number of piperidine rings is 1. The predicted octanol–water partition coefficient (Wildman–Crippen LogP) is 5.94. The molecule has 4 nitrogen and oxygen atoms in total. The highest BCUT2D eigenvalue weighted by Gasteiger charge is 2.38. The summed E-state index contributed by atoms with van der Waals surface area (Å²) in [5, 5.41) is 10.8. The number of para-hydroxylation sites is 1. The highest BCUT2D eigenvalue weighted by Crippen LogP contribution is 2.40. The number of halogens is 4. The van der Waals surface area contributed by atoms with Crippen molar-refractivity contribution in [3.05, 3.63) is 76.4 Å². The van der Waals surface area contributed by atoms with Gasteiger partial charge in [0.1, 0.15) is 6.04 Å². The van der Waals surface area contributed by atoms with Crippen LogP contribution in [0.15, 0.2) is 54.6 Å². The van der Waals surface area contributed by atoms with Crippen LogP contribution in [0.3, 0.4) is 0 Å². The van der Waals surface area contributed by atoms with Gasteiger partial charge in [-0.15, -0.1) is 0 Å². The van der Waals surface area contributed by atoms with Crippen LogP contribution in [0.5, 0.6) is 0 Å². The summed E-state index contributed by atoms with van der Waals surface area (Å²) in [6.45, 7) is 0.419. The molecule has 1 fully saturated rings. The van der Waals surface area contributed by atoms with Crippen molar-refractivity contribution in [2.75, 3.05) is 6.54 Å². The van der Waals surface area contributed by atoms with E-state index < -0.39 is 29.8 Å². The van der Waals surface area contributed by atoms with Crippen LogP contribution in [0.4, 0.5) is 13.2 Å². The minimum Gasteiger partial charge on any atom is -0.480 e. The van der Waals surface area contributed by atoms with Gasteiger partial charge < -0.3 is 5.11 Å². The van der Waals surface area contributed by atoms with Crippen LogP contribution in [0.1, 0.15) is 42.1 Å². The number of nitrogens with zero attached hydrogens (tertiary/aromatic N) is 2. The van der Waals surface area contributed by atoms with Gasteiger partial charge in [0.15, 0.2) is 0 Å². The molecule has 2 heterocycles. The average molecular weight is 449 g/mol. The fourth-order valence-corrected chi connectivity index (χ4v) is 4.42. The summed E-state index contributed by atoms with van der Waals surface area (Å²) in [4.78, 5) is 18.4. The first kappa shape index (κ1) is 21.6. The number of likely N-dealkylation sites (tertiary alicyclic amines) is 1. The van der Waals surface area contributed by atoms with Crippen molar-refractivity contribution < 1.29 is 23.1 Å². The number of fused-ring (bicyclic) bond motifs is 1. The molecular weight excluding hydrogens is 429 g/mol. The first-order valence-electron chi connectivity index (χ1n) is 9.96. The summed E-state index contributed by atoms with van der Waals surface area (Å²) in [6, 6.07) is 12.5. The normalized spacial score (nSPS) is 18.8. The molecule has 0 radical (unpaired) electrons. The molecule has 0 amide bonds. The van der Waals surface area contributed by atoms with Crippen LogP contribution in [-0.2, 0) is 11.0 Å². The van der Waals surface area contributed by atoms with Crippen molar-refractivity contribution in [2.45, 2.75) is 37.5 Å². The van der Waals surface area contributed by atoms with Crippen LogP contribution in [-0.4, -0.2) is 33.5 Å². The number of rotatable bonds is 4. The van der Waals surface area contributed by atoms with Gasteiger partial charge in [0.25, 0.3) is 0 Å². The molecule has 2 atom stereocenters. The Balaban J connectivity index is 1.92. The second-order valence-electron chi connectivity index (χ2n) is 7.65. The molecule has 1 aliphatic rings. The summed E-state index contributed by atoms with van der Waals surface area (Å²) >= 11 is 6.39. The molecule has 2 aromatic carbocycles. The molecule has 0 bridgehead atoms. The SMILES string of the molecule is O=C(O)C1CCCCN1C(c1ccc2ccccc2n1)c1cc(C(F)(F)F)ccc1Cl. The standard InChI is InChI=1S/C23H20ClF3N2O2/c24-17-10-9-15(23(25,26)27)13-16(17)21(29-12-4-3-7-20(29)22(30)31)19-11-8-14-5-1-2-6-18(14)28-19/h1-2,5-6,8-11,13,20-21H,3-4,7,12H2,(H,30,31). The van der Waals surface area contributed by atoms with E-state index in [1.165, 1.54) is 6.07 Å². The minimum absolute atomic E-state index is 0.141. The Morgan fingerprint density at radius 1 is 1.13 bits per heavy atom. The lowest BCUT2D eigenvalue weighted by molar-refractivity contribution is -0.145. The van der Waals surface area contributed by atoms with E-state index in [4.69, 9.17) is 11.6 Å². The second kappa shape index (κ2) is 8.48. The van der Waals surface area contributed by atoms with E-state index in [2.05, 4.69) is 4.98 Å². The van der Waals surface area contributed by atoms with E-state index in [0.29, 0.717) is 24.2 Å². The van der Waals surface area contributed by atoms with Gasteiger partial charge >= 0.3 is 12.1 Å². The Hall–Kier alpha value is -2.64. The molecule has 3 aromatic rings. The van der Waals surface area contributed by atoms with E-state index in [-0.39, 0.29) is 10.6 Å². The number of carboxylic acid groups (broad SMARTS) is 1. The van der Waals surface area contributed by atoms with Gasteiger partial charge in [-0.1, -0.05) is 42.3 Å². The Bertz CT molecular complexity index is 1120. The fourth-order valence-electron chi connectivity index (χ4n) is 4.20. The van der Waals surface area contributed by atoms with Crippen LogP contribution >= 0.6 is 11.6 Å². The Morgan fingerprint density at radius 3 is 2.65 bits per heavy atom. The van der Waals surface area contributed by atoms with Gasteiger partial charge in [-0.25, -0.2) is 0 Å². The summed E-state index contributed by atoms with van der Waals surface area (Å²) in [5.74, 6) is -1.01. The van der Waals surface area contributed by atoms with Crippen molar-refractivity contribution in [1.82, 2.24) is 9.88 Å².